The number of hydrogen-bond donors (Lipinski definition) is 1. The van der Waals surface area contributed by atoms with E-state index in [9.17, 15) is 12.8 Å². The molecule has 2 aromatic rings. The maximum atomic E-state index is 12.7. The van der Waals surface area contributed by atoms with Gasteiger partial charge in [-0.25, -0.2) is 9.22 Å². The van der Waals surface area contributed by atoms with E-state index in [0.29, 0.717) is 10.6 Å². The number of hydrogen-bond acceptors (Lipinski definition) is 3. The van der Waals surface area contributed by atoms with Crippen molar-refractivity contribution in [2.45, 2.75) is 4.90 Å². The van der Waals surface area contributed by atoms with Crippen LogP contribution in [0.2, 0.25) is 5.02 Å². The van der Waals surface area contributed by atoms with Crippen LogP contribution in [0.25, 0.3) is 0 Å². The van der Waals surface area contributed by atoms with Crippen LogP contribution >= 0.6 is 11.6 Å². The normalized spacial score (nSPS) is 11.7. The summed E-state index contributed by atoms with van der Waals surface area (Å²) in [5, 5.41) is 4.07. The van der Waals surface area contributed by atoms with Crippen molar-refractivity contribution in [2.24, 2.45) is 5.10 Å². The van der Waals surface area contributed by atoms with Gasteiger partial charge in [-0.2, -0.15) is 13.5 Å². The van der Waals surface area contributed by atoms with Crippen molar-refractivity contribution < 1.29 is 12.8 Å². The third-order valence-electron chi connectivity index (χ3n) is 2.38. The fourth-order valence-corrected chi connectivity index (χ4v) is 2.30. The Bertz CT molecular complexity index is 713. The van der Waals surface area contributed by atoms with Crippen molar-refractivity contribution in [1.29, 1.82) is 0 Å². The van der Waals surface area contributed by atoms with Crippen molar-refractivity contribution in [3.8, 4) is 0 Å². The molecule has 0 fully saturated rings. The van der Waals surface area contributed by atoms with Gasteiger partial charge in [0.25, 0.3) is 10.0 Å². The van der Waals surface area contributed by atoms with Crippen molar-refractivity contribution >= 4 is 27.8 Å². The summed E-state index contributed by atoms with van der Waals surface area (Å²) in [4.78, 5) is 2.12. The Morgan fingerprint density at radius 3 is 2.25 bits per heavy atom. The first-order valence-electron chi connectivity index (χ1n) is 5.53. The minimum atomic E-state index is -3.74. The highest BCUT2D eigenvalue weighted by Gasteiger charge is 2.11. The fourth-order valence-electron chi connectivity index (χ4n) is 1.39. The second-order valence-corrected chi connectivity index (χ2v) is 5.96. The molecule has 0 spiro atoms. The van der Waals surface area contributed by atoms with Crippen LogP contribution in [0.15, 0.2) is 58.5 Å². The molecule has 2 aromatic carbocycles. The molecule has 0 atom stereocenters. The second kappa shape index (κ2) is 6.02. The molecule has 0 unspecified atom stereocenters. The smallest absolute Gasteiger partial charge is 0.207 e. The van der Waals surface area contributed by atoms with Crippen molar-refractivity contribution in [1.82, 2.24) is 4.83 Å². The molecule has 2 rings (SSSR count). The summed E-state index contributed by atoms with van der Waals surface area (Å²) in [6, 6.07) is 11.2. The number of benzene rings is 2. The molecule has 0 saturated heterocycles. The average molecular weight is 313 g/mol. The molecule has 0 bridgehead atoms. The van der Waals surface area contributed by atoms with E-state index in [0.717, 1.165) is 0 Å². The Morgan fingerprint density at radius 2 is 1.65 bits per heavy atom. The van der Waals surface area contributed by atoms with Crippen LogP contribution in [-0.2, 0) is 10.0 Å². The molecule has 20 heavy (non-hydrogen) atoms. The predicted molar refractivity (Wildman–Crippen MR) is 75.8 cm³/mol. The summed E-state index contributed by atoms with van der Waals surface area (Å²) in [5.41, 5.74) is 0.574. The molecule has 104 valence electrons. The lowest BCUT2D eigenvalue weighted by atomic mass is 10.2. The van der Waals surface area contributed by atoms with Crippen LogP contribution in [0, 0.1) is 5.82 Å². The molecule has 0 radical (unpaired) electrons. The van der Waals surface area contributed by atoms with Crippen LogP contribution in [0.5, 0.6) is 0 Å². The van der Waals surface area contributed by atoms with Gasteiger partial charge in [0, 0.05) is 5.02 Å². The minimum Gasteiger partial charge on any atom is -0.207 e. The monoisotopic (exact) mass is 312 g/mol. The molecule has 4 nitrogen and oxygen atoms in total. The van der Waals surface area contributed by atoms with E-state index >= 15 is 0 Å². The number of halogens is 2. The molecule has 0 aliphatic carbocycles. The van der Waals surface area contributed by atoms with E-state index in [1.165, 1.54) is 54.7 Å². The summed E-state index contributed by atoms with van der Waals surface area (Å²) in [6.45, 7) is 0. The standard InChI is InChI=1S/C13H10ClFN2O2S/c14-11-3-7-13(8-4-11)20(18,19)17-16-9-10-1-5-12(15)6-2-10/h1-9,17H/b16-9+. The number of nitrogens with zero attached hydrogens (tertiary/aromatic N) is 1. The van der Waals surface area contributed by atoms with Gasteiger partial charge < -0.3 is 0 Å². The number of sulfonamides is 1. The lowest BCUT2D eigenvalue weighted by Gasteiger charge is -2.03. The van der Waals surface area contributed by atoms with Gasteiger partial charge in [-0.15, -0.1) is 0 Å². The summed E-state index contributed by atoms with van der Waals surface area (Å²) < 4.78 is 36.4. The summed E-state index contributed by atoms with van der Waals surface area (Å²) in [7, 11) is -3.74. The maximum absolute atomic E-state index is 12.7. The first-order chi connectivity index (χ1) is 9.47. The van der Waals surface area contributed by atoms with E-state index in [-0.39, 0.29) is 10.7 Å². The molecule has 0 saturated carbocycles. The van der Waals surface area contributed by atoms with Gasteiger partial charge in [-0.3, -0.25) is 0 Å². The summed E-state index contributed by atoms with van der Waals surface area (Å²) in [5.74, 6) is -0.371. The molecular formula is C13H10ClFN2O2S. The van der Waals surface area contributed by atoms with Crippen LogP contribution in [0.1, 0.15) is 5.56 Å². The van der Waals surface area contributed by atoms with Gasteiger partial charge in [-0.1, -0.05) is 23.7 Å². The molecular weight excluding hydrogens is 303 g/mol. The van der Waals surface area contributed by atoms with Gasteiger partial charge >= 0.3 is 0 Å². The Balaban J connectivity index is 2.09. The number of hydrazone groups is 1. The minimum absolute atomic E-state index is 0.0538. The quantitative estimate of drug-likeness (QED) is 0.697. The van der Waals surface area contributed by atoms with E-state index in [4.69, 9.17) is 11.6 Å². The third kappa shape index (κ3) is 3.79. The Hall–Kier alpha value is -1.92. The zero-order chi connectivity index (χ0) is 14.6. The highest BCUT2D eigenvalue weighted by molar-refractivity contribution is 7.89. The second-order valence-electron chi connectivity index (χ2n) is 3.86. The van der Waals surface area contributed by atoms with Gasteiger partial charge in [0.15, 0.2) is 0 Å². The van der Waals surface area contributed by atoms with E-state index in [1.54, 1.807) is 0 Å². The highest BCUT2D eigenvalue weighted by atomic mass is 35.5. The van der Waals surface area contributed by atoms with Crippen molar-refractivity contribution in [3.05, 3.63) is 64.9 Å². The van der Waals surface area contributed by atoms with Crippen LogP contribution in [0.4, 0.5) is 4.39 Å². The van der Waals surface area contributed by atoms with Gasteiger partial charge in [-0.05, 0) is 42.0 Å². The van der Waals surface area contributed by atoms with Gasteiger partial charge in [0.1, 0.15) is 5.82 Å². The molecule has 0 aliphatic heterocycles. The van der Waals surface area contributed by atoms with Gasteiger partial charge in [0.05, 0.1) is 11.1 Å². The van der Waals surface area contributed by atoms with Crippen LogP contribution in [0.3, 0.4) is 0 Å². The molecule has 0 amide bonds. The maximum Gasteiger partial charge on any atom is 0.276 e. The SMILES string of the molecule is O=S(=O)(N/N=C/c1ccc(F)cc1)c1ccc(Cl)cc1. The van der Waals surface area contributed by atoms with Crippen molar-refractivity contribution in [3.63, 3.8) is 0 Å². The Morgan fingerprint density at radius 1 is 1.05 bits per heavy atom. The predicted octanol–water partition coefficient (Wildman–Crippen LogP) is 2.79. The molecule has 1 N–H and O–H groups in total. The molecule has 7 heteroatoms. The lowest BCUT2D eigenvalue weighted by Crippen LogP contribution is -2.18. The van der Waals surface area contributed by atoms with E-state index in [1.807, 2.05) is 0 Å². The van der Waals surface area contributed by atoms with Crippen LogP contribution in [-0.4, -0.2) is 14.6 Å². The van der Waals surface area contributed by atoms with Crippen LogP contribution < -0.4 is 4.83 Å². The molecule has 0 heterocycles. The van der Waals surface area contributed by atoms with Crippen molar-refractivity contribution in [2.75, 3.05) is 0 Å². The number of rotatable bonds is 4. The molecule has 0 aliphatic rings. The average Bonchev–Trinajstić information content (AvgIpc) is 2.41. The first kappa shape index (κ1) is 14.5. The zero-order valence-corrected chi connectivity index (χ0v) is 11.7. The summed E-state index contributed by atoms with van der Waals surface area (Å²) >= 11 is 5.68. The molecule has 0 aromatic heterocycles. The largest absolute Gasteiger partial charge is 0.276 e. The topological polar surface area (TPSA) is 58.5 Å². The highest BCUT2D eigenvalue weighted by Crippen LogP contribution is 2.13. The number of nitrogens with one attached hydrogen (secondary N) is 1. The van der Waals surface area contributed by atoms with E-state index < -0.39 is 10.0 Å². The fraction of sp³-hybridized carbons (Fsp3) is 0. The zero-order valence-electron chi connectivity index (χ0n) is 10.1. The third-order valence-corrected chi connectivity index (χ3v) is 3.87. The Labute approximate surface area is 120 Å². The van der Waals surface area contributed by atoms with Gasteiger partial charge in [0.2, 0.25) is 0 Å². The lowest BCUT2D eigenvalue weighted by molar-refractivity contribution is 0.584. The summed E-state index contributed by atoms with van der Waals surface area (Å²) in [6.07, 6.45) is 1.28. The van der Waals surface area contributed by atoms with E-state index in [2.05, 4.69) is 9.93 Å². The Kier molecular flexibility index (Phi) is 4.36. The first-order valence-corrected chi connectivity index (χ1v) is 7.39.